The van der Waals surface area contributed by atoms with E-state index in [2.05, 4.69) is 15.0 Å². The molecule has 1 fully saturated rings. The molecule has 0 spiro atoms. The van der Waals surface area contributed by atoms with E-state index < -0.39 is 0 Å². The minimum Gasteiger partial charge on any atom is -0.351 e. The van der Waals surface area contributed by atoms with Crippen LogP contribution in [0.5, 0.6) is 0 Å². The minimum absolute atomic E-state index is 0.0119. The van der Waals surface area contributed by atoms with Crippen molar-refractivity contribution in [3.05, 3.63) is 18.0 Å². The van der Waals surface area contributed by atoms with Crippen LogP contribution in [0.2, 0.25) is 0 Å². The number of nitrogens with zero attached hydrogens (tertiary/aromatic N) is 1. The van der Waals surface area contributed by atoms with Crippen LogP contribution in [0.15, 0.2) is 16.8 Å². The smallest absolute Gasteiger partial charge is 0.290 e. The van der Waals surface area contributed by atoms with E-state index in [1.165, 1.54) is 24.0 Å². The molecule has 0 aliphatic carbocycles. The van der Waals surface area contributed by atoms with Gasteiger partial charge in [0.15, 0.2) is 0 Å². The summed E-state index contributed by atoms with van der Waals surface area (Å²) in [6, 6.07) is 1.08. The molecule has 1 aromatic heterocycles. The lowest BCUT2D eigenvalue weighted by Crippen LogP contribution is -2.36. The first kappa shape index (κ1) is 9.26. The maximum atomic E-state index is 11.4. The molecule has 2 rings (SSSR count). The molecule has 0 bridgehead atoms. The van der Waals surface area contributed by atoms with Crippen molar-refractivity contribution in [2.45, 2.75) is 12.5 Å². The number of thioether (sulfide) groups is 1. The monoisotopic (exact) mass is 212 g/mol. The Hall–Kier alpha value is -1.30. The van der Waals surface area contributed by atoms with Crippen molar-refractivity contribution in [1.29, 1.82) is 0 Å². The van der Waals surface area contributed by atoms with Crippen molar-refractivity contribution in [3.8, 4) is 0 Å². The molecule has 0 aromatic carbocycles. The summed E-state index contributed by atoms with van der Waals surface area (Å²) in [5.41, 5.74) is 0. The molecule has 1 amide bonds. The van der Waals surface area contributed by atoms with Crippen molar-refractivity contribution in [1.82, 2.24) is 10.5 Å². The van der Waals surface area contributed by atoms with Crippen LogP contribution in [-0.2, 0) is 4.79 Å². The Balaban J connectivity index is 1.98. The predicted molar refractivity (Wildman–Crippen MR) is 49.8 cm³/mol. The van der Waals surface area contributed by atoms with Crippen LogP contribution >= 0.6 is 11.8 Å². The molecule has 1 atom stereocenters. The fraction of sp³-hybridized carbons (Fsp3) is 0.375. The summed E-state index contributed by atoms with van der Waals surface area (Å²) >= 11 is 1.24. The Morgan fingerprint density at radius 2 is 2.57 bits per heavy atom. The van der Waals surface area contributed by atoms with Gasteiger partial charge in [-0.15, -0.1) is 0 Å². The number of carbonyl (C=O) groups excluding carboxylic acids is 2. The number of nitrogens with one attached hydrogen (secondary N) is 1. The van der Waals surface area contributed by atoms with Crippen LogP contribution < -0.4 is 5.32 Å². The Morgan fingerprint density at radius 1 is 1.71 bits per heavy atom. The summed E-state index contributed by atoms with van der Waals surface area (Å²) in [4.78, 5) is 22.6. The lowest BCUT2D eigenvalue weighted by Gasteiger charge is -2.07. The summed E-state index contributed by atoms with van der Waals surface area (Å²) in [6.45, 7) is 0. The van der Waals surface area contributed by atoms with Crippen LogP contribution in [-0.4, -0.2) is 28.0 Å². The molecule has 6 heteroatoms. The molecule has 2 heterocycles. The highest BCUT2D eigenvalue weighted by molar-refractivity contribution is 8.14. The molecule has 74 valence electrons. The molecule has 1 unspecified atom stereocenters. The van der Waals surface area contributed by atoms with Crippen molar-refractivity contribution < 1.29 is 14.1 Å². The summed E-state index contributed by atoms with van der Waals surface area (Å²) in [5.74, 6) is 0.512. The van der Waals surface area contributed by atoms with Crippen LogP contribution in [0.1, 0.15) is 17.0 Å². The van der Waals surface area contributed by atoms with Gasteiger partial charge in [-0.3, -0.25) is 9.59 Å². The molecule has 1 saturated heterocycles. The van der Waals surface area contributed by atoms with E-state index in [0.717, 1.165) is 5.75 Å². The Kier molecular flexibility index (Phi) is 2.53. The van der Waals surface area contributed by atoms with Gasteiger partial charge >= 0.3 is 0 Å². The van der Waals surface area contributed by atoms with Gasteiger partial charge in [-0.05, 0) is 6.42 Å². The number of aromatic nitrogens is 1. The highest BCUT2D eigenvalue weighted by atomic mass is 32.2. The van der Waals surface area contributed by atoms with E-state index in [9.17, 15) is 9.59 Å². The molecular weight excluding hydrogens is 204 g/mol. The number of rotatable bonds is 2. The van der Waals surface area contributed by atoms with Crippen LogP contribution in [0, 0.1) is 0 Å². The SMILES string of the molecule is O=C(NC1CCSC1=O)c1ccno1. The molecule has 1 N–H and O–H groups in total. The fourth-order valence-electron chi connectivity index (χ4n) is 1.19. The molecule has 0 saturated carbocycles. The van der Waals surface area contributed by atoms with E-state index >= 15 is 0 Å². The van der Waals surface area contributed by atoms with E-state index in [0.29, 0.717) is 6.42 Å². The van der Waals surface area contributed by atoms with Gasteiger partial charge in [0.25, 0.3) is 5.91 Å². The van der Waals surface area contributed by atoms with Gasteiger partial charge in [0.1, 0.15) is 0 Å². The Morgan fingerprint density at radius 3 is 3.14 bits per heavy atom. The van der Waals surface area contributed by atoms with E-state index in [1.54, 1.807) is 0 Å². The second-order valence-electron chi connectivity index (χ2n) is 2.86. The standard InChI is InChI=1S/C8H8N2O3S/c11-7(6-1-3-9-13-6)10-5-2-4-14-8(5)12/h1,3,5H,2,4H2,(H,10,11). The summed E-state index contributed by atoms with van der Waals surface area (Å²) in [6.07, 6.45) is 2.07. The molecule has 14 heavy (non-hydrogen) atoms. The second kappa shape index (κ2) is 3.83. The molecule has 1 aliphatic rings. The van der Waals surface area contributed by atoms with Crippen LogP contribution in [0.4, 0.5) is 0 Å². The molecular formula is C8H8N2O3S. The van der Waals surface area contributed by atoms with Gasteiger partial charge in [-0.25, -0.2) is 0 Å². The van der Waals surface area contributed by atoms with Gasteiger partial charge in [-0.2, -0.15) is 0 Å². The number of hydrogen-bond acceptors (Lipinski definition) is 5. The van der Waals surface area contributed by atoms with Crippen LogP contribution in [0.3, 0.4) is 0 Å². The average Bonchev–Trinajstić information content (AvgIpc) is 2.77. The van der Waals surface area contributed by atoms with Crippen molar-refractivity contribution in [3.63, 3.8) is 0 Å². The largest absolute Gasteiger partial charge is 0.351 e. The zero-order chi connectivity index (χ0) is 9.97. The van der Waals surface area contributed by atoms with Gasteiger partial charge in [0, 0.05) is 11.8 Å². The predicted octanol–water partition coefficient (Wildman–Crippen LogP) is 0.437. The lowest BCUT2D eigenvalue weighted by molar-refractivity contribution is -0.112. The zero-order valence-corrected chi connectivity index (χ0v) is 8.04. The van der Waals surface area contributed by atoms with Crippen LogP contribution in [0.25, 0.3) is 0 Å². The zero-order valence-electron chi connectivity index (χ0n) is 7.23. The Labute approximate surface area is 84.2 Å². The molecule has 5 nitrogen and oxygen atoms in total. The van der Waals surface area contributed by atoms with Gasteiger partial charge < -0.3 is 9.84 Å². The third-order valence-electron chi connectivity index (χ3n) is 1.90. The Bertz CT molecular complexity index is 349. The molecule has 1 aromatic rings. The molecule has 1 aliphatic heterocycles. The minimum atomic E-state index is -0.386. The third kappa shape index (κ3) is 1.79. The van der Waals surface area contributed by atoms with Gasteiger partial charge in [0.2, 0.25) is 10.9 Å². The number of carbonyl (C=O) groups is 2. The van der Waals surface area contributed by atoms with E-state index in [1.807, 2.05) is 0 Å². The quantitative estimate of drug-likeness (QED) is 0.770. The van der Waals surface area contributed by atoms with E-state index in [-0.39, 0.29) is 22.8 Å². The normalized spacial score (nSPS) is 21.1. The van der Waals surface area contributed by atoms with Crippen molar-refractivity contribution in [2.75, 3.05) is 5.75 Å². The highest BCUT2D eigenvalue weighted by Crippen LogP contribution is 2.19. The lowest BCUT2D eigenvalue weighted by atomic mass is 10.2. The first-order valence-corrected chi connectivity index (χ1v) is 5.14. The fourth-order valence-corrected chi connectivity index (χ4v) is 2.12. The van der Waals surface area contributed by atoms with E-state index in [4.69, 9.17) is 0 Å². The maximum Gasteiger partial charge on any atom is 0.290 e. The number of amides is 1. The molecule has 0 radical (unpaired) electrons. The van der Waals surface area contributed by atoms with Crippen molar-refractivity contribution >= 4 is 22.8 Å². The first-order chi connectivity index (χ1) is 6.77. The summed E-state index contributed by atoms with van der Waals surface area (Å²) < 4.78 is 4.66. The number of hydrogen-bond donors (Lipinski definition) is 1. The first-order valence-electron chi connectivity index (χ1n) is 4.15. The topological polar surface area (TPSA) is 72.2 Å². The maximum absolute atomic E-state index is 11.4. The summed E-state index contributed by atoms with van der Waals surface area (Å²) in [5, 5.41) is 6.01. The van der Waals surface area contributed by atoms with Crippen molar-refractivity contribution in [2.24, 2.45) is 0 Å². The third-order valence-corrected chi connectivity index (χ3v) is 2.91. The van der Waals surface area contributed by atoms with Gasteiger partial charge in [0.05, 0.1) is 12.2 Å². The second-order valence-corrected chi connectivity index (χ2v) is 3.96. The summed E-state index contributed by atoms with van der Waals surface area (Å²) in [7, 11) is 0. The average molecular weight is 212 g/mol. The highest BCUT2D eigenvalue weighted by Gasteiger charge is 2.27. The van der Waals surface area contributed by atoms with Gasteiger partial charge in [-0.1, -0.05) is 16.9 Å².